The molecule has 0 aliphatic carbocycles. The number of aromatic nitrogens is 2. The van der Waals surface area contributed by atoms with Crippen LogP contribution < -0.4 is 5.69 Å². The van der Waals surface area contributed by atoms with Crippen molar-refractivity contribution in [1.29, 1.82) is 0 Å². The van der Waals surface area contributed by atoms with Gasteiger partial charge in [0.05, 0.1) is 5.69 Å². The number of benzene rings is 1. The van der Waals surface area contributed by atoms with Crippen molar-refractivity contribution in [2.75, 3.05) is 0 Å². The molecule has 88 valence electrons. The van der Waals surface area contributed by atoms with Crippen molar-refractivity contribution >= 4 is 21.9 Å². The Hall–Kier alpha value is -1.82. The molecule has 2 N–H and O–H groups in total. The summed E-state index contributed by atoms with van der Waals surface area (Å²) in [6, 6.07) is 7.14. The first-order chi connectivity index (χ1) is 8.02. The monoisotopic (exact) mass is 296 g/mol. The first kappa shape index (κ1) is 11.7. The summed E-state index contributed by atoms with van der Waals surface area (Å²) < 4.78 is 2.01. The number of halogens is 1. The summed E-state index contributed by atoms with van der Waals surface area (Å²) in [4.78, 5) is 24.9. The van der Waals surface area contributed by atoms with E-state index in [0.29, 0.717) is 11.3 Å². The number of hydrogen-bond acceptors (Lipinski definition) is 2. The van der Waals surface area contributed by atoms with E-state index in [1.165, 1.54) is 11.6 Å². The highest BCUT2D eigenvalue weighted by molar-refractivity contribution is 9.10. The average Bonchev–Trinajstić information content (AvgIpc) is 2.57. The zero-order valence-corrected chi connectivity index (χ0v) is 10.5. The maximum absolute atomic E-state index is 11.5. The van der Waals surface area contributed by atoms with E-state index in [1.54, 1.807) is 18.2 Å². The number of aromatic carboxylic acids is 1. The maximum atomic E-state index is 11.5. The molecule has 5 nitrogen and oxygen atoms in total. The molecule has 0 amide bonds. The molecule has 6 heteroatoms. The summed E-state index contributed by atoms with van der Waals surface area (Å²) in [5.41, 5.74) is 0.457. The van der Waals surface area contributed by atoms with Gasteiger partial charge in [-0.3, -0.25) is 9.55 Å². The van der Waals surface area contributed by atoms with E-state index < -0.39 is 11.7 Å². The van der Waals surface area contributed by atoms with Crippen LogP contribution in [0.1, 0.15) is 10.5 Å². The number of aromatic amines is 1. The van der Waals surface area contributed by atoms with E-state index in [0.717, 1.165) is 4.47 Å². The first-order valence-corrected chi connectivity index (χ1v) is 5.59. The molecular formula is C11H9BrN2O3. The van der Waals surface area contributed by atoms with Gasteiger partial charge in [0.2, 0.25) is 0 Å². The van der Waals surface area contributed by atoms with Gasteiger partial charge in [-0.15, -0.1) is 0 Å². The summed E-state index contributed by atoms with van der Waals surface area (Å²) in [5, 5.41) is 9.06. The minimum atomic E-state index is -1.16. The molecular weight excluding hydrogens is 288 g/mol. The van der Waals surface area contributed by atoms with Gasteiger partial charge in [-0.05, 0) is 6.07 Å². The summed E-state index contributed by atoms with van der Waals surface area (Å²) >= 11 is 3.34. The number of imidazole rings is 1. The topological polar surface area (TPSA) is 75.1 Å². The largest absolute Gasteiger partial charge is 0.477 e. The number of carboxylic acids is 1. The molecule has 0 aliphatic heterocycles. The fraction of sp³-hybridized carbons (Fsp3) is 0.0909. The maximum Gasteiger partial charge on any atom is 0.354 e. The van der Waals surface area contributed by atoms with Gasteiger partial charge >= 0.3 is 11.7 Å². The highest BCUT2D eigenvalue weighted by atomic mass is 79.9. The molecule has 0 fully saturated rings. The van der Waals surface area contributed by atoms with Crippen molar-refractivity contribution in [3.8, 4) is 11.3 Å². The van der Waals surface area contributed by atoms with Gasteiger partial charge in [0.25, 0.3) is 0 Å². The van der Waals surface area contributed by atoms with Gasteiger partial charge in [0.1, 0.15) is 0 Å². The SMILES string of the molecule is Cn1c(-c2ccccc2Br)c(C(=O)O)[nH]c1=O. The van der Waals surface area contributed by atoms with Crippen LogP contribution in [0, 0.1) is 0 Å². The van der Waals surface area contributed by atoms with Gasteiger partial charge in [-0.2, -0.15) is 0 Å². The van der Waals surface area contributed by atoms with Gasteiger partial charge in [0, 0.05) is 17.1 Å². The molecule has 0 saturated heterocycles. The molecule has 2 rings (SSSR count). The minimum Gasteiger partial charge on any atom is -0.477 e. The van der Waals surface area contributed by atoms with Crippen LogP contribution in [-0.4, -0.2) is 20.6 Å². The number of carboxylic acid groups (broad SMARTS) is 1. The van der Waals surface area contributed by atoms with E-state index in [4.69, 9.17) is 5.11 Å². The molecule has 1 aromatic heterocycles. The second-order valence-electron chi connectivity index (χ2n) is 3.50. The molecule has 0 atom stereocenters. The number of H-pyrrole nitrogens is 1. The number of carbonyl (C=O) groups is 1. The Labute approximate surface area is 105 Å². The van der Waals surface area contributed by atoms with Crippen LogP contribution in [0.3, 0.4) is 0 Å². The van der Waals surface area contributed by atoms with E-state index in [1.807, 2.05) is 6.07 Å². The zero-order valence-electron chi connectivity index (χ0n) is 8.90. The second-order valence-corrected chi connectivity index (χ2v) is 4.35. The number of nitrogens with zero attached hydrogens (tertiary/aromatic N) is 1. The summed E-state index contributed by atoms with van der Waals surface area (Å²) in [6.07, 6.45) is 0. The highest BCUT2D eigenvalue weighted by Gasteiger charge is 2.20. The van der Waals surface area contributed by atoms with Gasteiger partial charge in [-0.25, -0.2) is 9.59 Å². The normalized spacial score (nSPS) is 10.5. The molecule has 1 heterocycles. The van der Waals surface area contributed by atoms with Crippen LogP contribution in [0.25, 0.3) is 11.3 Å². The number of rotatable bonds is 2. The predicted molar refractivity (Wildman–Crippen MR) is 66.1 cm³/mol. The van der Waals surface area contributed by atoms with Gasteiger partial charge in [-0.1, -0.05) is 34.1 Å². The smallest absolute Gasteiger partial charge is 0.354 e. The summed E-state index contributed by atoms with van der Waals surface area (Å²) in [6.45, 7) is 0. The first-order valence-electron chi connectivity index (χ1n) is 4.79. The molecule has 0 saturated carbocycles. The van der Waals surface area contributed by atoms with Crippen LogP contribution in [-0.2, 0) is 7.05 Å². The molecule has 1 aromatic carbocycles. The lowest BCUT2D eigenvalue weighted by atomic mass is 10.1. The minimum absolute atomic E-state index is 0.107. The number of nitrogens with one attached hydrogen (secondary N) is 1. The van der Waals surface area contributed by atoms with E-state index in [9.17, 15) is 9.59 Å². The Bertz CT molecular complexity index is 642. The Morgan fingerprint density at radius 3 is 2.65 bits per heavy atom. The lowest BCUT2D eigenvalue weighted by molar-refractivity contribution is 0.0691. The zero-order chi connectivity index (χ0) is 12.6. The van der Waals surface area contributed by atoms with Crippen LogP contribution in [0.4, 0.5) is 0 Å². The fourth-order valence-electron chi connectivity index (χ4n) is 1.64. The van der Waals surface area contributed by atoms with Crippen molar-refractivity contribution in [3.05, 3.63) is 44.9 Å². The predicted octanol–water partition coefficient (Wildman–Crippen LogP) is 1.84. The van der Waals surface area contributed by atoms with Gasteiger partial charge < -0.3 is 5.11 Å². The van der Waals surface area contributed by atoms with Crippen molar-refractivity contribution in [1.82, 2.24) is 9.55 Å². The molecule has 0 radical (unpaired) electrons. The van der Waals surface area contributed by atoms with Crippen molar-refractivity contribution < 1.29 is 9.90 Å². The molecule has 0 aliphatic rings. The van der Waals surface area contributed by atoms with Crippen molar-refractivity contribution in [2.45, 2.75) is 0 Å². The summed E-state index contributed by atoms with van der Waals surface area (Å²) in [7, 11) is 1.53. The lowest BCUT2D eigenvalue weighted by Gasteiger charge is -2.05. The standard InChI is InChI=1S/C11H9BrN2O3/c1-14-9(6-4-2-3-5-7(6)12)8(10(15)16)13-11(14)17/h2-5H,1H3,(H,13,17)(H,15,16). The Morgan fingerprint density at radius 2 is 2.06 bits per heavy atom. The Balaban J connectivity index is 2.79. The van der Waals surface area contributed by atoms with Crippen LogP contribution in [0.5, 0.6) is 0 Å². The van der Waals surface area contributed by atoms with Crippen LogP contribution >= 0.6 is 15.9 Å². The van der Waals surface area contributed by atoms with Crippen LogP contribution in [0.15, 0.2) is 33.5 Å². The number of hydrogen-bond donors (Lipinski definition) is 2. The second kappa shape index (κ2) is 4.21. The fourth-order valence-corrected chi connectivity index (χ4v) is 2.12. The molecule has 0 spiro atoms. The van der Waals surface area contributed by atoms with Gasteiger partial charge in [0.15, 0.2) is 5.69 Å². The Kier molecular flexibility index (Phi) is 2.89. The van der Waals surface area contributed by atoms with Crippen molar-refractivity contribution in [3.63, 3.8) is 0 Å². The molecule has 0 bridgehead atoms. The average molecular weight is 297 g/mol. The molecule has 0 unspecified atom stereocenters. The van der Waals surface area contributed by atoms with E-state index in [-0.39, 0.29) is 5.69 Å². The summed E-state index contributed by atoms with van der Waals surface area (Å²) in [5.74, 6) is -1.16. The lowest BCUT2D eigenvalue weighted by Crippen LogP contribution is -2.13. The van der Waals surface area contributed by atoms with E-state index in [2.05, 4.69) is 20.9 Å². The van der Waals surface area contributed by atoms with Crippen molar-refractivity contribution in [2.24, 2.45) is 7.05 Å². The molecule has 2 aromatic rings. The third-order valence-electron chi connectivity index (χ3n) is 2.45. The van der Waals surface area contributed by atoms with E-state index >= 15 is 0 Å². The quantitative estimate of drug-likeness (QED) is 0.888. The van der Waals surface area contributed by atoms with Crippen LogP contribution in [0.2, 0.25) is 0 Å². The highest BCUT2D eigenvalue weighted by Crippen LogP contribution is 2.28. The molecule has 17 heavy (non-hydrogen) atoms. The Morgan fingerprint density at radius 1 is 1.41 bits per heavy atom. The third kappa shape index (κ3) is 1.91. The third-order valence-corrected chi connectivity index (χ3v) is 3.14.